The fraction of sp³-hybridized carbons (Fsp3) is 0. The van der Waals surface area contributed by atoms with E-state index in [9.17, 15) is 14.4 Å². The van der Waals surface area contributed by atoms with Gasteiger partial charge in [0.05, 0.1) is 0 Å². The van der Waals surface area contributed by atoms with Crippen LogP contribution in [0.2, 0.25) is 0 Å². The Bertz CT molecular complexity index is 289. The summed E-state index contributed by atoms with van der Waals surface area (Å²) in [6.07, 6.45) is 0. The number of amides is 5. The average Bonchev–Trinajstić information content (AvgIpc) is 2.09. The van der Waals surface area contributed by atoms with Crippen molar-refractivity contribution < 1.29 is 14.4 Å². The topological polar surface area (TPSA) is 152 Å². The number of nitrogens with one attached hydrogen (secondary N) is 3. The Hall–Kier alpha value is -2.03. The number of rotatable bonds is 2. The van der Waals surface area contributed by atoms with E-state index >= 15 is 0 Å². The van der Waals surface area contributed by atoms with Crippen LogP contribution in [0.25, 0.3) is 0 Å². The van der Waals surface area contributed by atoms with Crippen molar-refractivity contribution in [2.75, 3.05) is 0 Å². The molecule has 0 fully saturated rings. The number of hydrazone groups is 1. The van der Waals surface area contributed by atoms with Gasteiger partial charge in [-0.3, -0.25) is 10.2 Å². The quantitative estimate of drug-likeness (QED) is 0.269. The van der Waals surface area contributed by atoms with Gasteiger partial charge in [-0.1, -0.05) is 11.6 Å². The summed E-state index contributed by atoms with van der Waals surface area (Å²) in [6.45, 7) is 0. The summed E-state index contributed by atoms with van der Waals surface area (Å²) < 4.78 is 0. The van der Waals surface area contributed by atoms with E-state index in [0.717, 1.165) is 0 Å². The van der Waals surface area contributed by atoms with Crippen molar-refractivity contribution in [3.8, 4) is 0 Å². The largest absolute Gasteiger partial charge is 0.350 e. The van der Waals surface area contributed by atoms with Gasteiger partial charge in [0.15, 0.2) is 0 Å². The van der Waals surface area contributed by atoms with Crippen LogP contribution >= 0.6 is 11.6 Å². The summed E-state index contributed by atoms with van der Waals surface area (Å²) >= 11 is 5.23. The maximum atomic E-state index is 10.8. The zero-order valence-corrected chi connectivity index (χ0v) is 7.46. The van der Waals surface area contributed by atoms with E-state index in [2.05, 4.69) is 16.6 Å². The number of primary amides is 2. The number of nitrogens with two attached hydrogens (primary N) is 2. The van der Waals surface area contributed by atoms with E-state index in [1.54, 1.807) is 16.3 Å². The van der Waals surface area contributed by atoms with Crippen molar-refractivity contribution in [3.05, 3.63) is 0 Å². The summed E-state index contributed by atoms with van der Waals surface area (Å²) in [5, 5.41) is 2.43. The first kappa shape index (κ1) is 12.0. The van der Waals surface area contributed by atoms with Gasteiger partial charge in [-0.2, -0.15) is 5.10 Å². The van der Waals surface area contributed by atoms with Crippen LogP contribution < -0.4 is 27.7 Å². The summed E-state index contributed by atoms with van der Waals surface area (Å²) in [5.41, 5.74) is 14.5. The van der Waals surface area contributed by atoms with E-state index in [-0.39, 0.29) is 0 Å². The molecular weight excluding hydrogens is 216 g/mol. The van der Waals surface area contributed by atoms with Crippen molar-refractivity contribution in [1.82, 2.24) is 16.3 Å². The van der Waals surface area contributed by atoms with Crippen molar-refractivity contribution in [2.24, 2.45) is 16.6 Å². The Morgan fingerprint density at radius 1 is 1.07 bits per heavy atom. The summed E-state index contributed by atoms with van der Waals surface area (Å²) in [7, 11) is 0. The number of hydrazine groups is 1. The van der Waals surface area contributed by atoms with Crippen LogP contribution in [0.3, 0.4) is 0 Å². The van der Waals surface area contributed by atoms with E-state index in [0.29, 0.717) is 0 Å². The number of hydrogen-bond donors (Lipinski definition) is 5. The van der Waals surface area contributed by atoms with Gasteiger partial charge in [-0.05, 0) is 0 Å². The number of nitrogens with zero attached hydrogens (tertiary/aromatic N) is 1. The monoisotopic (exact) mass is 222 g/mol. The molecule has 0 aromatic heterocycles. The summed E-state index contributed by atoms with van der Waals surface area (Å²) in [4.78, 5) is 31.1. The van der Waals surface area contributed by atoms with Gasteiger partial charge in [-0.15, -0.1) is 0 Å². The lowest BCUT2D eigenvalue weighted by Gasteiger charge is -2.02. The molecule has 14 heavy (non-hydrogen) atoms. The Morgan fingerprint density at radius 3 is 2.07 bits per heavy atom. The third-order valence-electron chi connectivity index (χ3n) is 0.751. The molecule has 0 aliphatic heterocycles. The van der Waals surface area contributed by atoms with Crippen LogP contribution in [0.15, 0.2) is 5.10 Å². The highest BCUT2D eigenvalue weighted by Crippen LogP contribution is 1.82. The molecule has 78 valence electrons. The van der Waals surface area contributed by atoms with Crippen LogP contribution in [-0.4, -0.2) is 23.1 Å². The number of carbonyl (C=O) groups is 3. The predicted octanol–water partition coefficient (Wildman–Crippen LogP) is -2.09. The van der Waals surface area contributed by atoms with Crippen LogP contribution in [0, 0.1) is 0 Å². The molecule has 0 bridgehead atoms. The number of carbonyl (C=O) groups excluding carboxylic acids is 3. The molecule has 0 aliphatic carbocycles. The molecule has 10 heteroatoms. The fourth-order valence-corrected chi connectivity index (χ4v) is 0.414. The molecule has 7 N–H and O–H groups in total. The highest BCUT2D eigenvalue weighted by molar-refractivity contribution is 6.82. The number of urea groups is 2. The van der Waals surface area contributed by atoms with Crippen LogP contribution in [0.4, 0.5) is 9.59 Å². The van der Waals surface area contributed by atoms with Crippen LogP contribution in [0.1, 0.15) is 0 Å². The van der Waals surface area contributed by atoms with Crippen molar-refractivity contribution in [3.63, 3.8) is 0 Å². The fourth-order valence-electron chi connectivity index (χ4n) is 0.325. The van der Waals surface area contributed by atoms with Crippen molar-refractivity contribution in [2.45, 2.75) is 0 Å². The molecule has 0 heterocycles. The van der Waals surface area contributed by atoms with Crippen LogP contribution in [0.5, 0.6) is 0 Å². The minimum atomic E-state index is -0.987. The molecule has 0 saturated carbocycles. The third-order valence-corrected chi connectivity index (χ3v) is 1.01. The smallest absolute Gasteiger partial charge is 0.332 e. The first-order valence-corrected chi connectivity index (χ1v) is 3.45. The first-order valence-electron chi connectivity index (χ1n) is 3.08. The standard InChI is InChI=1S/C4H7ClN6O3/c5-1(8-10-3(6)13)2(12)9-11-4(7)14/h(H,9,12)(H3,6,10,13)(H3,7,11,14). The lowest BCUT2D eigenvalue weighted by atomic mass is 10.7. The first-order chi connectivity index (χ1) is 6.43. The predicted molar refractivity (Wildman–Crippen MR) is 46.9 cm³/mol. The molecular formula is C4H7ClN6O3. The second kappa shape index (κ2) is 5.59. The highest BCUT2D eigenvalue weighted by atomic mass is 35.5. The van der Waals surface area contributed by atoms with Gasteiger partial charge in [0.2, 0.25) is 5.17 Å². The van der Waals surface area contributed by atoms with Crippen LogP contribution in [-0.2, 0) is 4.79 Å². The molecule has 0 aromatic rings. The van der Waals surface area contributed by atoms with Gasteiger partial charge in [0.25, 0.3) is 0 Å². The minimum absolute atomic E-state index is 0.627. The molecule has 0 radical (unpaired) electrons. The lowest BCUT2D eigenvalue weighted by molar-refractivity contribution is -0.115. The molecule has 9 nitrogen and oxygen atoms in total. The molecule has 0 unspecified atom stereocenters. The van der Waals surface area contributed by atoms with E-state index in [1.165, 1.54) is 0 Å². The molecule has 0 saturated heterocycles. The molecule has 5 amide bonds. The van der Waals surface area contributed by atoms with E-state index in [4.69, 9.17) is 11.6 Å². The zero-order chi connectivity index (χ0) is 11.1. The van der Waals surface area contributed by atoms with E-state index < -0.39 is 23.1 Å². The third kappa shape index (κ3) is 5.60. The molecule has 0 spiro atoms. The second-order valence-corrected chi connectivity index (χ2v) is 2.18. The Morgan fingerprint density at radius 2 is 1.64 bits per heavy atom. The zero-order valence-electron chi connectivity index (χ0n) is 6.70. The summed E-state index contributed by atoms with van der Waals surface area (Å²) in [6, 6.07) is -1.97. The highest BCUT2D eigenvalue weighted by Gasteiger charge is 2.08. The number of halogens is 1. The Balaban J connectivity index is 4.04. The molecule has 0 aliphatic rings. The van der Waals surface area contributed by atoms with Crippen molar-refractivity contribution >= 4 is 34.7 Å². The normalized spacial score (nSPS) is 10.2. The van der Waals surface area contributed by atoms with Gasteiger partial charge < -0.3 is 11.5 Å². The van der Waals surface area contributed by atoms with Gasteiger partial charge in [0.1, 0.15) is 0 Å². The molecule has 0 atom stereocenters. The summed E-state index contributed by atoms with van der Waals surface area (Å²) in [5.74, 6) is -0.959. The maximum absolute atomic E-state index is 10.8. The lowest BCUT2D eigenvalue weighted by Crippen LogP contribution is -2.46. The average molecular weight is 223 g/mol. The van der Waals surface area contributed by atoms with Gasteiger partial charge in [0, 0.05) is 0 Å². The SMILES string of the molecule is NC(=O)NN=C(Cl)C(=O)NNC(N)=O. The van der Waals surface area contributed by atoms with Gasteiger partial charge in [-0.25, -0.2) is 20.4 Å². The molecule has 0 aromatic carbocycles. The van der Waals surface area contributed by atoms with Gasteiger partial charge >= 0.3 is 18.0 Å². The Kier molecular flexibility index (Phi) is 4.78. The molecule has 0 rings (SSSR count). The van der Waals surface area contributed by atoms with E-state index in [1.807, 2.05) is 0 Å². The Labute approximate surface area is 82.8 Å². The second-order valence-electron chi connectivity index (χ2n) is 1.82. The maximum Gasteiger partial charge on any atom is 0.332 e. The number of hydrogen-bond acceptors (Lipinski definition) is 4. The minimum Gasteiger partial charge on any atom is -0.350 e. The van der Waals surface area contributed by atoms with Crippen molar-refractivity contribution in [1.29, 1.82) is 0 Å².